The molecule has 0 radical (unpaired) electrons. The summed E-state index contributed by atoms with van der Waals surface area (Å²) in [4.78, 5) is 11.3. The van der Waals surface area contributed by atoms with Gasteiger partial charge in [0.15, 0.2) is 11.5 Å². The van der Waals surface area contributed by atoms with Gasteiger partial charge in [-0.25, -0.2) is 0 Å². The van der Waals surface area contributed by atoms with Crippen LogP contribution in [0, 0.1) is 0 Å². The molecule has 0 amide bonds. The van der Waals surface area contributed by atoms with Crippen LogP contribution in [-0.2, 0) is 4.79 Å². The number of hydrogen-bond acceptors (Lipinski definition) is 5. The summed E-state index contributed by atoms with van der Waals surface area (Å²) < 4.78 is 11.4. The number of benzene rings is 1. The highest BCUT2D eigenvalue weighted by Gasteiger charge is 2.25. The second kappa shape index (κ2) is 7.56. The molecule has 1 saturated heterocycles. The molecule has 1 aromatic carbocycles. The van der Waals surface area contributed by atoms with E-state index in [9.17, 15) is 9.90 Å². The highest BCUT2D eigenvalue weighted by atomic mass is 32.2. The summed E-state index contributed by atoms with van der Waals surface area (Å²) in [5.41, 5.74) is 6.15. The van der Waals surface area contributed by atoms with Crippen LogP contribution in [0.15, 0.2) is 18.2 Å². The van der Waals surface area contributed by atoms with E-state index in [1.165, 1.54) is 12.9 Å². The summed E-state index contributed by atoms with van der Waals surface area (Å²) in [6.45, 7) is 0.0222. The Bertz CT molecular complexity index is 489. The van der Waals surface area contributed by atoms with E-state index in [0.29, 0.717) is 17.1 Å². The Morgan fingerprint density at radius 3 is 2.95 bits per heavy atom. The van der Waals surface area contributed by atoms with Gasteiger partial charge >= 0.3 is 5.97 Å². The molecule has 1 heterocycles. The molecule has 0 aromatic heterocycles. The third-order valence-electron chi connectivity index (χ3n) is 3.53. The molecule has 5 nitrogen and oxygen atoms in total. The zero-order valence-electron chi connectivity index (χ0n) is 12.1. The van der Waals surface area contributed by atoms with Crippen molar-refractivity contribution in [1.82, 2.24) is 0 Å². The summed E-state index contributed by atoms with van der Waals surface area (Å²) in [5, 5.41) is 9.28. The Labute approximate surface area is 128 Å². The SMILES string of the molecule is COc1c(OC2CCCSC2)cccc1C(CN)C(=O)O. The van der Waals surface area contributed by atoms with Crippen LogP contribution in [-0.4, -0.2) is 42.3 Å². The number of carboxylic acid groups (broad SMARTS) is 1. The molecule has 1 fully saturated rings. The maximum atomic E-state index is 11.3. The fourth-order valence-electron chi connectivity index (χ4n) is 2.46. The number of carboxylic acids is 1. The van der Waals surface area contributed by atoms with E-state index < -0.39 is 11.9 Å². The first-order valence-electron chi connectivity index (χ1n) is 7.01. The normalized spacial score (nSPS) is 19.8. The van der Waals surface area contributed by atoms with Crippen molar-refractivity contribution in [2.75, 3.05) is 25.2 Å². The molecule has 6 heteroatoms. The smallest absolute Gasteiger partial charge is 0.312 e. The highest BCUT2D eigenvalue weighted by molar-refractivity contribution is 7.99. The Morgan fingerprint density at radius 1 is 1.57 bits per heavy atom. The Kier molecular flexibility index (Phi) is 5.76. The van der Waals surface area contributed by atoms with E-state index in [1.54, 1.807) is 12.1 Å². The van der Waals surface area contributed by atoms with Crippen molar-refractivity contribution in [3.05, 3.63) is 23.8 Å². The molecule has 0 bridgehead atoms. The average molecular weight is 311 g/mol. The number of methoxy groups -OCH3 is 1. The minimum Gasteiger partial charge on any atom is -0.493 e. The van der Waals surface area contributed by atoms with E-state index in [0.717, 1.165) is 18.6 Å². The quantitative estimate of drug-likeness (QED) is 0.837. The zero-order valence-corrected chi connectivity index (χ0v) is 12.9. The van der Waals surface area contributed by atoms with Crippen LogP contribution < -0.4 is 15.2 Å². The van der Waals surface area contributed by atoms with Gasteiger partial charge in [-0.15, -0.1) is 0 Å². The minimum absolute atomic E-state index is 0.0222. The molecule has 3 N–H and O–H groups in total. The van der Waals surface area contributed by atoms with Gasteiger partial charge in [-0.2, -0.15) is 11.8 Å². The summed E-state index contributed by atoms with van der Waals surface area (Å²) in [6.07, 6.45) is 2.30. The Morgan fingerprint density at radius 2 is 2.38 bits per heavy atom. The molecule has 1 aromatic rings. The monoisotopic (exact) mass is 311 g/mol. The molecule has 2 atom stereocenters. The first-order valence-corrected chi connectivity index (χ1v) is 8.17. The molecule has 2 unspecified atom stereocenters. The van der Waals surface area contributed by atoms with Gasteiger partial charge in [0.25, 0.3) is 0 Å². The predicted octanol–water partition coefficient (Wildman–Crippen LogP) is 2.10. The third kappa shape index (κ3) is 3.83. The van der Waals surface area contributed by atoms with Crippen molar-refractivity contribution < 1.29 is 19.4 Å². The topological polar surface area (TPSA) is 81.8 Å². The standard InChI is InChI=1S/C15H21NO4S/c1-19-14-11(12(8-16)15(17)18)5-2-6-13(14)20-10-4-3-7-21-9-10/h2,5-6,10,12H,3-4,7-9,16H2,1H3,(H,17,18). The van der Waals surface area contributed by atoms with E-state index in [2.05, 4.69) is 0 Å². The third-order valence-corrected chi connectivity index (χ3v) is 4.72. The molecular weight excluding hydrogens is 290 g/mol. The number of para-hydroxylation sites is 1. The lowest BCUT2D eigenvalue weighted by Gasteiger charge is -2.25. The summed E-state index contributed by atoms with van der Waals surface area (Å²) in [7, 11) is 1.52. The van der Waals surface area contributed by atoms with Crippen molar-refractivity contribution in [2.24, 2.45) is 5.73 Å². The molecule has 116 valence electrons. The van der Waals surface area contributed by atoms with E-state index in [-0.39, 0.29) is 12.6 Å². The average Bonchev–Trinajstić information content (AvgIpc) is 2.49. The van der Waals surface area contributed by atoms with Gasteiger partial charge in [0.2, 0.25) is 0 Å². The lowest BCUT2D eigenvalue weighted by atomic mass is 9.98. The van der Waals surface area contributed by atoms with Crippen molar-refractivity contribution in [1.29, 1.82) is 0 Å². The second-order valence-corrected chi connectivity index (χ2v) is 6.11. The molecular formula is C15H21NO4S. The molecule has 0 aliphatic carbocycles. The number of carbonyl (C=O) groups is 1. The summed E-state index contributed by atoms with van der Waals surface area (Å²) >= 11 is 1.88. The number of ether oxygens (including phenoxy) is 2. The highest BCUT2D eigenvalue weighted by Crippen LogP contribution is 2.37. The first-order chi connectivity index (χ1) is 10.2. The first kappa shape index (κ1) is 16.0. The van der Waals surface area contributed by atoms with Gasteiger partial charge in [0, 0.05) is 17.9 Å². The number of aliphatic carboxylic acids is 1. The minimum atomic E-state index is -0.957. The molecule has 1 aliphatic rings. The van der Waals surface area contributed by atoms with Gasteiger partial charge in [0.05, 0.1) is 13.0 Å². The largest absolute Gasteiger partial charge is 0.493 e. The van der Waals surface area contributed by atoms with Crippen molar-refractivity contribution in [3.63, 3.8) is 0 Å². The fraction of sp³-hybridized carbons (Fsp3) is 0.533. The van der Waals surface area contributed by atoms with Crippen LogP contribution in [0.3, 0.4) is 0 Å². The van der Waals surface area contributed by atoms with Crippen LogP contribution in [0.5, 0.6) is 11.5 Å². The maximum Gasteiger partial charge on any atom is 0.312 e. The van der Waals surface area contributed by atoms with E-state index >= 15 is 0 Å². The van der Waals surface area contributed by atoms with Crippen molar-refractivity contribution >= 4 is 17.7 Å². The maximum absolute atomic E-state index is 11.3. The van der Waals surface area contributed by atoms with Crippen LogP contribution in [0.4, 0.5) is 0 Å². The Balaban J connectivity index is 2.27. The molecule has 1 aliphatic heterocycles. The van der Waals surface area contributed by atoms with Gasteiger partial charge in [-0.1, -0.05) is 12.1 Å². The molecule has 0 spiro atoms. The second-order valence-electron chi connectivity index (χ2n) is 4.96. The molecule has 21 heavy (non-hydrogen) atoms. The van der Waals surface area contributed by atoms with Gasteiger partial charge in [0.1, 0.15) is 6.10 Å². The Hall–Kier alpha value is -1.40. The summed E-state index contributed by atoms with van der Waals surface area (Å²) in [5.74, 6) is 1.45. The molecule has 2 rings (SSSR count). The van der Waals surface area contributed by atoms with E-state index in [4.69, 9.17) is 15.2 Å². The summed E-state index contributed by atoms with van der Waals surface area (Å²) in [6, 6.07) is 5.33. The predicted molar refractivity (Wildman–Crippen MR) is 83.4 cm³/mol. The number of rotatable bonds is 6. The van der Waals surface area contributed by atoms with Crippen LogP contribution in [0.25, 0.3) is 0 Å². The lowest BCUT2D eigenvalue weighted by Crippen LogP contribution is -2.25. The van der Waals surface area contributed by atoms with Crippen LogP contribution in [0.2, 0.25) is 0 Å². The van der Waals surface area contributed by atoms with Gasteiger partial charge < -0.3 is 20.3 Å². The van der Waals surface area contributed by atoms with Crippen molar-refractivity contribution in [3.8, 4) is 11.5 Å². The fourth-order valence-corrected chi connectivity index (χ4v) is 3.50. The number of hydrogen-bond donors (Lipinski definition) is 2. The van der Waals surface area contributed by atoms with Gasteiger partial charge in [-0.3, -0.25) is 4.79 Å². The van der Waals surface area contributed by atoms with Crippen LogP contribution in [0.1, 0.15) is 24.3 Å². The van der Waals surface area contributed by atoms with Crippen molar-refractivity contribution in [2.45, 2.75) is 24.9 Å². The lowest BCUT2D eigenvalue weighted by molar-refractivity contribution is -0.138. The molecule has 0 saturated carbocycles. The van der Waals surface area contributed by atoms with Gasteiger partial charge in [-0.05, 0) is 24.7 Å². The zero-order chi connectivity index (χ0) is 15.2. The van der Waals surface area contributed by atoms with Crippen LogP contribution >= 0.6 is 11.8 Å². The number of nitrogens with two attached hydrogens (primary N) is 1. The van der Waals surface area contributed by atoms with E-state index in [1.807, 2.05) is 17.8 Å². The number of thioether (sulfide) groups is 1.